The van der Waals surface area contributed by atoms with E-state index in [-0.39, 0.29) is 52.1 Å². The Hall–Kier alpha value is -2.71. The fourth-order valence-electron chi connectivity index (χ4n) is 5.90. The summed E-state index contributed by atoms with van der Waals surface area (Å²) in [5.41, 5.74) is 10.9. The smallest absolute Gasteiger partial charge is 0.326 e. The third kappa shape index (κ3) is 54.1. The second-order valence-electron chi connectivity index (χ2n) is 15.0. The van der Waals surface area contributed by atoms with E-state index in [1.54, 1.807) is 0 Å². The van der Waals surface area contributed by atoms with Crippen LogP contribution in [0.25, 0.3) is 10.4 Å². The van der Waals surface area contributed by atoms with Crippen LogP contribution in [0.3, 0.4) is 0 Å². The predicted molar refractivity (Wildman–Crippen MR) is 251 cm³/mol. The zero-order valence-electron chi connectivity index (χ0n) is 40.2. The molecular formula is C45H84N5O16P. The van der Waals surface area contributed by atoms with Crippen molar-refractivity contribution in [2.45, 2.75) is 109 Å². The molecule has 0 heterocycles. The minimum atomic E-state index is -1.15. The first kappa shape index (κ1) is 64.3. The van der Waals surface area contributed by atoms with Crippen LogP contribution in [0.1, 0.15) is 103 Å². The Morgan fingerprint density at radius 3 is 1.19 bits per heavy atom. The van der Waals surface area contributed by atoms with E-state index in [0.29, 0.717) is 152 Å². The summed E-state index contributed by atoms with van der Waals surface area (Å²) in [6, 6.07) is -1.11. The van der Waals surface area contributed by atoms with Gasteiger partial charge in [-0.25, -0.2) is 4.79 Å². The SMILES string of the molecule is [N-]=[N+]=NCCOCCOCCOCCOCCOCCOCCOCCOCCOCCOCCOCCNC(=O)CC[C@H](NC(=O)CCCCCCCCCCCCCCC#P=O)C(=O)O. The number of hydrogen-bond donors (Lipinski definition) is 3. The molecule has 0 aromatic rings. The van der Waals surface area contributed by atoms with Gasteiger partial charge in [-0.3, -0.25) is 9.59 Å². The summed E-state index contributed by atoms with van der Waals surface area (Å²) in [6.45, 7) is 10.2. The zero-order valence-corrected chi connectivity index (χ0v) is 41.1. The van der Waals surface area contributed by atoms with Gasteiger partial charge in [-0.1, -0.05) is 11.5 Å². The molecule has 67 heavy (non-hydrogen) atoms. The van der Waals surface area contributed by atoms with E-state index in [9.17, 15) is 24.1 Å². The molecule has 0 aliphatic rings. The predicted octanol–water partition coefficient (Wildman–Crippen LogP) is 5.66. The Morgan fingerprint density at radius 2 is 0.836 bits per heavy atom. The summed E-state index contributed by atoms with van der Waals surface area (Å²) in [5, 5.41) is 18.2. The molecule has 0 unspecified atom stereocenters. The summed E-state index contributed by atoms with van der Waals surface area (Å²) < 4.78 is 70.2. The van der Waals surface area contributed by atoms with Gasteiger partial charge in [0.05, 0.1) is 145 Å². The molecule has 22 heteroatoms. The Bertz CT molecular complexity index is 1280. The molecule has 0 spiro atoms. The van der Waals surface area contributed by atoms with Crippen molar-refractivity contribution in [1.29, 1.82) is 0 Å². The molecule has 0 radical (unpaired) electrons. The zero-order chi connectivity index (χ0) is 48.6. The van der Waals surface area contributed by atoms with Crippen LogP contribution in [0, 0.1) is 5.63 Å². The standard InChI is InChI=1S/C45H84N5O16P/c46-50-48-18-20-57-22-24-59-26-28-61-30-32-63-34-36-65-38-40-66-39-37-64-35-33-62-31-29-60-27-25-58-23-21-56-19-17-47-43(51)16-15-42(45(53)54)49-44(52)14-12-10-8-6-4-2-1-3-5-7-9-11-13-41-67-55/h42H,1-40H2,(H,47,51)(H,49,52)(H,53,54)/t42-/m0/s1. The number of carbonyl (C=O) groups excluding carboxylic acids is 2. The van der Waals surface area contributed by atoms with E-state index >= 15 is 0 Å². The Labute approximate surface area is 400 Å². The molecule has 0 aromatic carbocycles. The van der Waals surface area contributed by atoms with Crippen molar-refractivity contribution in [1.82, 2.24) is 10.6 Å². The normalized spacial score (nSPS) is 11.5. The van der Waals surface area contributed by atoms with Crippen LogP contribution in [0.4, 0.5) is 0 Å². The Balaban J connectivity index is 3.40. The number of hydrogen-bond acceptors (Lipinski definition) is 16. The van der Waals surface area contributed by atoms with Gasteiger partial charge in [-0.05, 0) is 18.4 Å². The molecule has 0 rings (SSSR count). The van der Waals surface area contributed by atoms with Crippen LogP contribution >= 0.6 is 7.92 Å². The molecule has 0 bridgehead atoms. The quantitative estimate of drug-likeness (QED) is 0.0218. The largest absolute Gasteiger partial charge is 0.480 e. The fraction of sp³-hybridized carbons (Fsp3) is 0.911. The number of carbonyl (C=O) groups is 3. The molecular weight excluding hydrogens is 897 g/mol. The summed E-state index contributed by atoms with van der Waals surface area (Å²) in [5.74, 6) is -1.76. The second kappa shape index (κ2) is 55.9. The maximum absolute atomic E-state index is 12.3. The molecule has 0 aliphatic carbocycles. The molecule has 2 amide bonds. The van der Waals surface area contributed by atoms with Gasteiger partial charge < -0.3 is 67.8 Å². The number of unbranched alkanes of at least 4 members (excludes halogenated alkanes) is 12. The summed E-state index contributed by atoms with van der Waals surface area (Å²) in [6.07, 6.45) is 14.5. The topological polar surface area (TPSA) is 263 Å². The second-order valence-corrected chi connectivity index (χ2v) is 15.5. The van der Waals surface area contributed by atoms with E-state index in [4.69, 9.17) is 57.6 Å². The van der Waals surface area contributed by atoms with Crippen molar-refractivity contribution in [2.75, 3.05) is 158 Å². The number of carboxylic acid groups (broad SMARTS) is 1. The van der Waals surface area contributed by atoms with E-state index in [2.05, 4.69) is 26.3 Å². The molecule has 0 saturated heterocycles. The molecule has 0 aliphatic heterocycles. The molecule has 21 nitrogen and oxygen atoms in total. The van der Waals surface area contributed by atoms with E-state index in [1.165, 1.54) is 44.9 Å². The molecule has 0 fully saturated rings. The monoisotopic (exact) mass is 982 g/mol. The first-order chi connectivity index (χ1) is 33.0. The minimum Gasteiger partial charge on any atom is -0.480 e. The van der Waals surface area contributed by atoms with Crippen LogP contribution in [-0.4, -0.2) is 187 Å². The summed E-state index contributed by atoms with van der Waals surface area (Å²) >= 11 is 0. The number of ether oxygens (including phenoxy) is 11. The maximum Gasteiger partial charge on any atom is 0.326 e. The molecule has 0 aromatic heterocycles. The van der Waals surface area contributed by atoms with Crippen LogP contribution < -0.4 is 10.6 Å². The third-order valence-electron chi connectivity index (χ3n) is 9.49. The number of nitrogens with zero attached hydrogens (tertiary/aromatic N) is 3. The average Bonchev–Trinajstić information content (AvgIpc) is 3.32. The molecule has 390 valence electrons. The van der Waals surface area contributed by atoms with Gasteiger partial charge in [0.2, 0.25) is 11.8 Å². The first-order valence-corrected chi connectivity index (χ1v) is 25.0. The number of carboxylic acids is 1. The van der Waals surface area contributed by atoms with E-state index in [0.717, 1.165) is 32.1 Å². The third-order valence-corrected chi connectivity index (χ3v) is 9.84. The number of amides is 2. The van der Waals surface area contributed by atoms with Gasteiger partial charge in [0.25, 0.3) is 0 Å². The van der Waals surface area contributed by atoms with Gasteiger partial charge >= 0.3 is 94.7 Å². The van der Waals surface area contributed by atoms with E-state index < -0.39 is 12.0 Å². The fourth-order valence-corrected chi connectivity index (χ4v) is 6.15. The van der Waals surface area contributed by atoms with Crippen LogP contribution in [-0.2, 0) is 71.1 Å². The minimum absolute atomic E-state index is 0.0108. The van der Waals surface area contributed by atoms with Gasteiger partial charge in [0, 0.05) is 30.8 Å². The number of nitrogens with one attached hydrogen (secondary N) is 2. The van der Waals surface area contributed by atoms with Gasteiger partial charge in [-0.15, -0.1) is 0 Å². The van der Waals surface area contributed by atoms with Crippen molar-refractivity contribution in [3.05, 3.63) is 10.4 Å². The first-order valence-electron chi connectivity index (χ1n) is 24.2. The summed E-state index contributed by atoms with van der Waals surface area (Å²) in [4.78, 5) is 38.8. The molecule has 0 saturated carbocycles. The van der Waals surface area contributed by atoms with Gasteiger partial charge in [-0.2, -0.15) is 0 Å². The number of rotatable bonds is 55. The summed E-state index contributed by atoms with van der Waals surface area (Å²) in [7, 11) is 0.0115. The van der Waals surface area contributed by atoms with Crippen LogP contribution in [0.15, 0.2) is 5.11 Å². The van der Waals surface area contributed by atoms with Crippen LogP contribution in [0.5, 0.6) is 0 Å². The Morgan fingerprint density at radius 1 is 0.493 bits per heavy atom. The number of aliphatic carboxylic acids is 1. The average molecular weight is 982 g/mol. The number of azide groups is 1. The molecule has 3 N–H and O–H groups in total. The maximum atomic E-state index is 12.3. The Kier molecular flexibility index (Phi) is 53.6. The van der Waals surface area contributed by atoms with Crippen molar-refractivity contribution >= 4 is 25.7 Å². The van der Waals surface area contributed by atoms with Crippen LogP contribution in [0.2, 0.25) is 0 Å². The van der Waals surface area contributed by atoms with Crippen molar-refractivity contribution in [2.24, 2.45) is 5.11 Å². The molecule has 1 atom stereocenters. The van der Waals surface area contributed by atoms with Crippen molar-refractivity contribution < 1.29 is 76.2 Å². The van der Waals surface area contributed by atoms with Crippen molar-refractivity contribution in [3.8, 4) is 5.63 Å². The van der Waals surface area contributed by atoms with Crippen molar-refractivity contribution in [3.63, 3.8) is 0 Å². The van der Waals surface area contributed by atoms with Gasteiger partial charge in [0.15, 0.2) is 0 Å². The van der Waals surface area contributed by atoms with Gasteiger partial charge in [0.1, 0.15) is 6.04 Å². The van der Waals surface area contributed by atoms with E-state index in [1.807, 2.05) is 0 Å².